The Bertz CT molecular complexity index is 226. The molecule has 0 N–H and O–H groups in total. The van der Waals surface area contributed by atoms with E-state index in [1.807, 2.05) is 0 Å². The van der Waals surface area contributed by atoms with Gasteiger partial charge in [-0.15, -0.1) is 0 Å². The van der Waals surface area contributed by atoms with Gasteiger partial charge in [0.1, 0.15) is 6.17 Å². The molecule has 0 aliphatic carbocycles. The average molecular weight is 226 g/mol. The van der Waals surface area contributed by atoms with Crippen molar-refractivity contribution in [1.82, 2.24) is 0 Å². The standard InChI is InChI=1S/C9H19FO3S/c1-3-4-5-6-9(10)7-8-13-14(2,11)12/h9H,3-8H2,1-2H3/t9-/m1/s1. The van der Waals surface area contributed by atoms with Crippen molar-refractivity contribution in [1.29, 1.82) is 0 Å². The highest BCUT2D eigenvalue weighted by atomic mass is 32.2. The molecule has 14 heavy (non-hydrogen) atoms. The zero-order valence-corrected chi connectivity index (χ0v) is 9.65. The molecule has 0 aliphatic rings. The molecule has 0 bridgehead atoms. The molecule has 0 aliphatic heterocycles. The summed E-state index contributed by atoms with van der Waals surface area (Å²) in [5.41, 5.74) is 0. The summed E-state index contributed by atoms with van der Waals surface area (Å²) in [4.78, 5) is 0. The highest BCUT2D eigenvalue weighted by Gasteiger charge is 2.08. The lowest BCUT2D eigenvalue weighted by Gasteiger charge is -2.06. The Morgan fingerprint density at radius 2 is 1.93 bits per heavy atom. The molecule has 0 heterocycles. The third kappa shape index (κ3) is 9.92. The van der Waals surface area contributed by atoms with Crippen LogP contribution in [-0.2, 0) is 14.3 Å². The summed E-state index contributed by atoms with van der Waals surface area (Å²) in [5.74, 6) is 0. The Morgan fingerprint density at radius 1 is 1.29 bits per heavy atom. The number of hydrogen-bond donors (Lipinski definition) is 0. The van der Waals surface area contributed by atoms with E-state index < -0.39 is 16.3 Å². The third-order valence-corrected chi connectivity index (χ3v) is 2.44. The Hall–Kier alpha value is -0.160. The van der Waals surface area contributed by atoms with Gasteiger partial charge in [0.25, 0.3) is 10.1 Å². The fourth-order valence-corrected chi connectivity index (χ4v) is 1.49. The predicted octanol–water partition coefficient (Wildman–Crippen LogP) is 2.27. The fraction of sp³-hybridized carbons (Fsp3) is 1.00. The fourth-order valence-electron chi connectivity index (χ4n) is 1.09. The number of alkyl halides is 1. The lowest BCUT2D eigenvalue weighted by atomic mass is 10.1. The lowest BCUT2D eigenvalue weighted by Crippen LogP contribution is -2.09. The summed E-state index contributed by atoms with van der Waals surface area (Å²) in [6.07, 6.45) is 3.63. The largest absolute Gasteiger partial charge is 0.270 e. The second-order valence-electron chi connectivity index (χ2n) is 3.41. The molecule has 0 amide bonds. The van der Waals surface area contributed by atoms with E-state index in [2.05, 4.69) is 11.1 Å². The summed E-state index contributed by atoms with van der Waals surface area (Å²) in [5, 5.41) is 0. The number of halogens is 1. The van der Waals surface area contributed by atoms with Crippen LogP contribution in [0.25, 0.3) is 0 Å². The highest BCUT2D eigenvalue weighted by Crippen LogP contribution is 2.10. The second kappa shape index (κ2) is 7.17. The first-order valence-electron chi connectivity index (χ1n) is 4.94. The SMILES string of the molecule is CCCCC[C@@H](F)CCOS(C)(=O)=O. The maximum atomic E-state index is 13.0. The van der Waals surface area contributed by atoms with Crippen LogP contribution in [0.3, 0.4) is 0 Å². The first kappa shape index (κ1) is 13.8. The van der Waals surface area contributed by atoms with Crippen LogP contribution < -0.4 is 0 Å². The van der Waals surface area contributed by atoms with E-state index in [4.69, 9.17) is 0 Å². The summed E-state index contributed by atoms with van der Waals surface area (Å²) >= 11 is 0. The molecule has 86 valence electrons. The monoisotopic (exact) mass is 226 g/mol. The molecule has 0 radical (unpaired) electrons. The van der Waals surface area contributed by atoms with Gasteiger partial charge < -0.3 is 0 Å². The van der Waals surface area contributed by atoms with Crippen molar-refractivity contribution in [2.24, 2.45) is 0 Å². The van der Waals surface area contributed by atoms with Crippen LogP contribution in [0.5, 0.6) is 0 Å². The maximum absolute atomic E-state index is 13.0. The van der Waals surface area contributed by atoms with E-state index in [0.29, 0.717) is 6.42 Å². The van der Waals surface area contributed by atoms with Crippen molar-refractivity contribution in [2.45, 2.75) is 45.2 Å². The van der Waals surface area contributed by atoms with Crippen molar-refractivity contribution >= 4 is 10.1 Å². The minimum atomic E-state index is -3.41. The highest BCUT2D eigenvalue weighted by molar-refractivity contribution is 7.85. The van der Waals surface area contributed by atoms with E-state index >= 15 is 0 Å². The Kier molecular flexibility index (Phi) is 7.09. The van der Waals surface area contributed by atoms with Crippen LogP contribution in [0, 0.1) is 0 Å². The smallest absolute Gasteiger partial charge is 0.264 e. The van der Waals surface area contributed by atoms with Crippen molar-refractivity contribution in [3.8, 4) is 0 Å². The van der Waals surface area contributed by atoms with Gasteiger partial charge in [-0.3, -0.25) is 4.18 Å². The van der Waals surface area contributed by atoms with Crippen LogP contribution in [-0.4, -0.2) is 27.5 Å². The first-order chi connectivity index (χ1) is 6.45. The number of hydrogen-bond acceptors (Lipinski definition) is 3. The molecule has 0 saturated carbocycles. The molecule has 1 atom stereocenters. The van der Waals surface area contributed by atoms with Gasteiger partial charge in [-0.1, -0.05) is 26.2 Å². The topological polar surface area (TPSA) is 43.4 Å². The molecule has 0 aromatic rings. The molecule has 0 saturated heterocycles. The van der Waals surface area contributed by atoms with Crippen molar-refractivity contribution < 1.29 is 17.0 Å². The van der Waals surface area contributed by atoms with Crippen LogP contribution in [0.4, 0.5) is 4.39 Å². The van der Waals surface area contributed by atoms with Gasteiger partial charge >= 0.3 is 0 Å². The lowest BCUT2D eigenvalue weighted by molar-refractivity contribution is 0.227. The van der Waals surface area contributed by atoms with Gasteiger partial charge in [0.15, 0.2) is 0 Å². The summed E-state index contributed by atoms with van der Waals surface area (Å²) in [7, 11) is -3.41. The van der Waals surface area contributed by atoms with Gasteiger partial charge in [0, 0.05) is 6.42 Å². The minimum Gasteiger partial charge on any atom is -0.270 e. The van der Waals surface area contributed by atoms with Crippen LogP contribution >= 0.6 is 0 Å². The first-order valence-corrected chi connectivity index (χ1v) is 6.76. The average Bonchev–Trinajstić information content (AvgIpc) is 2.02. The molecular formula is C9H19FO3S. The number of rotatable bonds is 8. The van der Waals surface area contributed by atoms with Crippen molar-refractivity contribution in [3.63, 3.8) is 0 Å². The zero-order chi connectivity index (χ0) is 11.0. The Morgan fingerprint density at radius 3 is 2.43 bits per heavy atom. The maximum Gasteiger partial charge on any atom is 0.264 e. The number of unbranched alkanes of at least 4 members (excludes halogenated alkanes) is 2. The van der Waals surface area contributed by atoms with Crippen molar-refractivity contribution in [3.05, 3.63) is 0 Å². The van der Waals surface area contributed by atoms with Gasteiger partial charge in [-0.2, -0.15) is 8.42 Å². The van der Waals surface area contributed by atoms with E-state index in [1.54, 1.807) is 0 Å². The molecule has 0 rings (SSSR count). The van der Waals surface area contributed by atoms with Gasteiger partial charge in [-0.25, -0.2) is 4.39 Å². The molecule has 0 unspecified atom stereocenters. The second-order valence-corrected chi connectivity index (χ2v) is 5.05. The Labute approximate surface area is 85.8 Å². The summed E-state index contributed by atoms with van der Waals surface area (Å²) in [6.45, 7) is 2.01. The molecule has 3 nitrogen and oxygen atoms in total. The van der Waals surface area contributed by atoms with Gasteiger partial charge in [0.05, 0.1) is 12.9 Å². The Balaban J connectivity index is 3.40. The van der Waals surface area contributed by atoms with Crippen LogP contribution in [0.1, 0.15) is 39.0 Å². The van der Waals surface area contributed by atoms with Crippen LogP contribution in [0.2, 0.25) is 0 Å². The van der Waals surface area contributed by atoms with E-state index in [-0.39, 0.29) is 13.0 Å². The summed E-state index contributed by atoms with van der Waals surface area (Å²) < 4.78 is 38.5. The normalized spacial score (nSPS) is 14.2. The van der Waals surface area contributed by atoms with Crippen molar-refractivity contribution in [2.75, 3.05) is 12.9 Å². The third-order valence-electron chi connectivity index (χ3n) is 1.85. The molecule has 0 fully saturated rings. The predicted molar refractivity (Wildman–Crippen MR) is 54.5 cm³/mol. The molecule has 0 aromatic heterocycles. The molecule has 0 aromatic carbocycles. The quantitative estimate of drug-likeness (QED) is 0.471. The summed E-state index contributed by atoms with van der Waals surface area (Å²) in [6, 6.07) is 0. The van der Waals surface area contributed by atoms with Crippen LogP contribution in [0.15, 0.2) is 0 Å². The van der Waals surface area contributed by atoms with E-state index in [1.165, 1.54) is 0 Å². The van der Waals surface area contributed by atoms with Gasteiger partial charge in [-0.05, 0) is 6.42 Å². The van der Waals surface area contributed by atoms with E-state index in [0.717, 1.165) is 25.5 Å². The van der Waals surface area contributed by atoms with E-state index in [9.17, 15) is 12.8 Å². The molecular weight excluding hydrogens is 207 g/mol. The minimum absolute atomic E-state index is 0.0495. The zero-order valence-electron chi connectivity index (χ0n) is 8.83. The van der Waals surface area contributed by atoms with Gasteiger partial charge in [0.2, 0.25) is 0 Å². The molecule has 5 heteroatoms. The molecule has 0 spiro atoms.